The Labute approximate surface area is 198 Å². The molecule has 0 N–H and O–H groups in total. The highest BCUT2D eigenvalue weighted by Crippen LogP contribution is 2.30. The number of hydrogen-bond acceptors (Lipinski definition) is 6. The number of nitrogens with zero attached hydrogens (tertiary/aromatic N) is 3. The van der Waals surface area contributed by atoms with Crippen LogP contribution in [0.15, 0.2) is 95.6 Å². The van der Waals surface area contributed by atoms with Crippen LogP contribution in [-0.2, 0) is 9.13 Å². The van der Waals surface area contributed by atoms with Gasteiger partial charge in [0.1, 0.15) is 12.0 Å². The Balaban J connectivity index is 1.58. The van der Waals surface area contributed by atoms with E-state index in [0.717, 1.165) is 36.4 Å². The molecule has 0 saturated carbocycles. The lowest BCUT2D eigenvalue weighted by atomic mass is 10.1. The summed E-state index contributed by atoms with van der Waals surface area (Å²) in [6.07, 6.45) is 1.83. The van der Waals surface area contributed by atoms with Crippen molar-refractivity contribution < 1.29 is 14.0 Å². The lowest BCUT2D eigenvalue weighted by Crippen LogP contribution is -2.21. The molecule has 3 aromatic carbocycles. The van der Waals surface area contributed by atoms with Crippen LogP contribution in [0.3, 0.4) is 0 Å². The maximum Gasteiger partial charge on any atom is 0.281 e. The number of amides is 1. The fourth-order valence-electron chi connectivity index (χ4n) is 3.43. The summed E-state index contributed by atoms with van der Waals surface area (Å²) in [6.45, 7) is 6.14. The standard InChI is InChI=1S/C26H25N3O3S/c1-3-28(4-2)21-17-15-20(16-18-21)19-24-25(33-32-31-23-13-9-6-10-14-23)27-29(26(24)30)22-11-7-5-8-12-22/h5-19H,3-4H2,1-2H3/b24-19-. The molecule has 0 unspecified atom stereocenters. The van der Waals surface area contributed by atoms with Gasteiger partial charge in [0, 0.05) is 18.8 Å². The van der Waals surface area contributed by atoms with E-state index in [2.05, 4.69) is 36.0 Å². The zero-order valence-electron chi connectivity index (χ0n) is 18.5. The highest BCUT2D eigenvalue weighted by molar-refractivity contribution is 8.10. The molecule has 0 aliphatic carbocycles. The summed E-state index contributed by atoms with van der Waals surface area (Å²) < 4.78 is 5.34. The van der Waals surface area contributed by atoms with Crippen molar-refractivity contribution in [3.8, 4) is 5.75 Å². The Bertz CT molecular complexity index is 1130. The summed E-state index contributed by atoms with van der Waals surface area (Å²) in [7, 11) is 0. The Kier molecular flexibility index (Phi) is 7.44. The largest absolute Gasteiger partial charge is 0.372 e. The van der Waals surface area contributed by atoms with Crippen LogP contribution < -0.4 is 14.8 Å². The first-order chi connectivity index (χ1) is 16.2. The second-order valence-electron chi connectivity index (χ2n) is 7.23. The summed E-state index contributed by atoms with van der Waals surface area (Å²) in [5, 5.41) is 6.31. The molecule has 0 atom stereocenters. The molecule has 1 aliphatic rings. The lowest BCUT2D eigenvalue weighted by molar-refractivity contribution is -0.114. The first-order valence-corrected chi connectivity index (χ1v) is 11.5. The SMILES string of the molecule is CCN(CC)c1ccc(/C=C2\C(=O)N(c3ccccc3)N=C2SOOc2ccccc2)cc1. The van der Waals surface area contributed by atoms with Crippen LogP contribution in [0, 0.1) is 0 Å². The number of hydrogen-bond donors (Lipinski definition) is 0. The number of hydrazone groups is 1. The minimum atomic E-state index is -0.222. The first-order valence-electron chi connectivity index (χ1n) is 10.8. The van der Waals surface area contributed by atoms with Crippen molar-refractivity contribution in [2.45, 2.75) is 13.8 Å². The summed E-state index contributed by atoms with van der Waals surface area (Å²) in [4.78, 5) is 20.8. The number of benzene rings is 3. The van der Waals surface area contributed by atoms with Gasteiger partial charge in [0.15, 0.2) is 10.8 Å². The fourth-order valence-corrected chi connectivity index (χ4v) is 3.95. The third-order valence-corrected chi connectivity index (χ3v) is 5.76. The van der Waals surface area contributed by atoms with Gasteiger partial charge in [0.05, 0.1) is 11.3 Å². The van der Waals surface area contributed by atoms with Gasteiger partial charge in [-0.25, -0.2) is 0 Å². The van der Waals surface area contributed by atoms with Crippen LogP contribution in [0.25, 0.3) is 6.08 Å². The van der Waals surface area contributed by atoms with Crippen LogP contribution in [0.2, 0.25) is 0 Å². The van der Waals surface area contributed by atoms with E-state index < -0.39 is 0 Å². The molecule has 1 amide bonds. The van der Waals surface area contributed by atoms with Crippen molar-refractivity contribution in [2.75, 3.05) is 23.0 Å². The van der Waals surface area contributed by atoms with Gasteiger partial charge in [-0.15, -0.1) is 4.33 Å². The third-order valence-electron chi connectivity index (χ3n) is 5.16. The van der Waals surface area contributed by atoms with Crippen molar-refractivity contribution in [1.82, 2.24) is 0 Å². The van der Waals surface area contributed by atoms with Crippen molar-refractivity contribution in [1.29, 1.82) is 0 Å². The van der Waals surface area contributed by atoms with Gasteiger partial charge >= 0.3 is 0 Å². The number of rotatable bonds is 8. The number of para-hydroxylation sites is 2. The molecule has 7 heteroatoms. The molecule has 0 saturated heterocycles. The van der Waals surface area contributed by atoms with Gasteiger partial charge in [-0.2, -0.15) is 10.1 Å². The Hall–Kier alpha value is -3.55. The zero-order chi connectivity index (χ0) is 23.0. The molecule has 3 aromatic rings. The van der Waals surface area contributed by atoms with E-state index in [1.165, 1.54) is 5.01 Å². The molecule has 33 heavy (non-hydrogen) atoms. The molecule has 1 heterocycles. The van der Waals surface area contributed by atoms with Gasteiger partial charge in [-0.05, 0) is 61.9 Å². The monoisotopic (exact) mass is 459 g/mol. The molecular formula is C26H25N3O3S. The third kappa shape index (κ3) is 5.45. The van der Waals surface area contributed by atoms with E-state index >= 15 is 0 Å². The molecule has 0 aromatic heterocycles. The summed E-state index contributed by atoms with van der Waals surface area (Å²) in [5.41, 5.74) is 3.18. The number of carbonyl (C=O) groups is 1. The zero-order valence-corrected chi connectivity index (χ0v) is 19.4. The molecule has 0 radical (unpaired) electrons. The minimum absolute atomic E-state index is 0.222. The molecular weight excluding hydrogens is 434 g/mol. The summed E-state index contributed by atoms with van der Waals surface area (Å²) >= 11 is 0.912. The average Bonchev–Trinajstić information content (AvgIpc) is 3.17. The van der Waals surface area contributed by atoms with Gasteiger partial charge in [0.25, 0.3) is 5.91 Å². The molecule has 0 bridgehead atoms. The summed E-state index contributed by atoms with van der Waals surface area (Å²) in [5.74, 6) is 0.340. The molecule has 4 rings (SSSR count). The Morgan fingerprint density at radius 3 is 2.18 bits per heavy atom. The van der Waals surface area contributed by atoms with Gasteiger partial charge in [-0.3, -0.25) is 4.79 Å². The summed E-state index contributed by atoms with van der Waals surface area (Å²) in [6, 6.07) is 26.6. The van der Waals surface area contributed by atoms with Crippen LogP contribution in [-0.4, -0.2) is 24.0 Å². The minimum Gasteiger partial charge on any atom is -0.372 e. The van der Waals surface area contributed by atoms with E-state index in [1.807, 2.05) is 66.7 Å². The molecule has 1 aliphatic heterocycles. The average molecular weight is 460 g/mol. The highest BCUT2D eigenvalue weighted by atomic mass is 32.2. The van der Waals surface area contributed by atoms with Gasteiger partial charge in [0.2, 0.25) is 0 Å². The smallest absolute Gasteiger partial charge is 0.281 e. The lowest BCUT2D eigenvalue weighted by Gasteiger charge is -2.20. The van der Waals surface area contributed by atoms with Crippen molar-refractivity contribution >= 4 is 40.4 Å². The van der Waals surface area contributed by atoms with Crippen molar-refractivity contribution in [2.24, 2.45) is 5.10 Å². The van der Waals surface area contributed by atoms with Gasteiger partial charge in [-0.1, -0.05) is 48.5 Å². The second-order valence-corrected chi connectivity index (χ2v) is 7.92. The van der Waals surface area contributed by atoms with Crippen LogP contribution in [0.1, 0.15) is 19.4 Å². The molecule has 0 fully saturated rings. The van der Waals surface area contributed by atoms with E-state index in [1.54, 1.807) is 12.1 Å². The van der Waals surface area contributed by atoms with E-state index in [9.17, 15) is 4.79 Å². The number of carbonyl (C=O) groups excluding carboxylic acids is 1. The van der Waals surface area contributed by atoms with Crippen LogP contribution in [0.4, 0.5) is 11.4 Å². The topological polar surface area (TPSA) is 54.4 Å². The van der Waals surface area contributed by atoms with E-state index in [-0.39, 0.29) is 5.91 Å². The highest BCUT2D eigenvalue weighted by Gasteiger charge is 2.32. The van der Waals surface area contributed by atoms with Crippen LogP contribution >= 0.6 is 12.0 Å². The number of anilines is 2. The van der Waals surface area contributed by atoms with Crippen molar-refractivity contribution in [3.05, 3.63) is 96.1 Å². The Morgan fingerprint density at radius 1 is 0.909 bits per heavy atom. The maximum absolute atomic E-state index is 13.2. The Morgan fingerprint density at radius 2 is 1.55 bits per heavy atom. The van der Waals surface area contributed by atoms with E-state index in [4.69, 9.17) is 9.22 Å². The predicted molar refractivity (Wildman–Crippen MR) is 135 cm³/mol. The first kappa shape index (κ1) is 22.6. The van der Waals surface area contributed by atoms with Crippen molar-refractivity contribution in [3.63, 3.8) is 0 Å². The molecule has 0 spiro atoms. The molecule has 168 valence electrons. The predicted octanol–water partition coefficient (Wildman–Crippen LogP) is 5.94. The fraction of sp³-hybridized carbons (Fsp3) is 0.154. The maximum atomic E-state index is 13.2. The van der Waals surface area contributed by atoms with E-state index in [0.29, 0.717) is 22.1 Å². The normalized spacial score (nSPS) is 14.5. The quantitative estimate of drug-likeness (QED) is 0.181. The van der Waals surface area contributed by atoms with Gasteiger partial charge < -0.3 is 9.79 Å². The van der Waals surface area contributed by atoms with Crippen LogP contribution in [0.5, 0.6) is 5.75 Å². The second kappa shape index (κ2) is 10.8. The molecule has 6 nitrogen and oxygen atoms in total.